The molecule has 3 nitrogen and oxygen atoms in total. The molecule has 1 N–H and O–H groups in total. The summed E-state index contributed by atoms with van der Waals surface area (Å²) >= 11 is 0. The van der Waals surface area contributed by atoms with Gasteiger partial charge in [0.15, 0.2) is 0 Å². The van der Waals surface area contributed by atoms with Gasteiger partial charge >= 0.3 is 0 Å². The number of nitrogens with one attached hydrogen (secondary N) is 1. The second-order valence-corrected chi connectivity index (χ2v) is 6.04. The van der Waals surface area contributed by atoms with Crippen LogP contribution in [0.25, 0.3) is 0 Å². The van der Waals surface area contributed by atoms with Gasteiger partial charge in [0, 0.05) is 30.9 Å². The van der Waals surface area contributed by atoms with Crippen molar-refractivity contribution in [2.75, 3.05) is 0 Å². The number of nitrogens with zero attached hydrogens (tertiary/aromatic N) is 2. The van der Waals surface area contributed by atoms with Gasteiger partial charge in [-0.25, -0.2) is 0 Å². The zero-order valence-corrected chi connectivity index (χ0v) is 11.4. The molecule has 0 radical (unpaired) electrons. The molecule has 3 heteroatoms. The third kappa shape index (κ3) is 3.56. The molecular weight excluding hydrogens is 210 g/mol. The van der Waals surface area contributed by atoms with Crippen LogP contribution in [0.2, 0.25) is 0 Å². The lowest BCUT2D eigenvalue weighted by molar-refractivity contribution is 0.198. The maximum Gasteiger partial charge on any atom is 0.0534 e. The molecule has 0 amide bonds. The van der Waals surface area contributed by atoms with Crippen molar-refractivity contribution in [2.45, 2.75) is 65.6 Å². The van der Waals surface area contributed by atoms with Crippen LogP contribution in [0, 0.1) is 5.41 Å². The molecule has 1 saturated carbocycles. The normalized spacial score (nSPS) is 23.8. The summed E-state index contributed by atoms with van der Waals surface area (Å²) in [6.07, 6.45) is 9.48. The minimum atomic E-state index is 0.517. The van der Waals surface area contributed by atoms with E-state index in [9.17, 15) is 0 Å². The lowest BCUT2D eigenvalue weighted by Gasteiger charge is -2.35. The molecule has 0 bridgehead atoms. The zero-order chi connectivity index (χ0) is 12.3. The van der Waals surface area contributed by atoms with Crippen LogP contribution in [0.1, 0.15) is 52.0 Å². The van der Waals surface area contributed by atoms with Gasteiger partial charge in [0.2, 0.25) is 0 Å². The molecule has 1 aromatic rings. The van der Waals surface area contributed by atoms with Crippen molar-refractivity contribution in [1.29, 1.82) is 0 Å². The van der Waals surface area contributed by atoms with Crippen LogP contribution >= 0.6 is 0 Å². The molecule has 0 aromatic carbocycles. The Hall–Kier alpha value is -0.830. The maximum atomic E-state index is 4.30. The van der Waals surface area contributed by atoms with Crippen LogP contribution in [0.15, 0.2) is 12.4 Å². The molecule has 1 aliphatic rings. The number of hydrogen-bond donors (Lipinski definition) is 1. The van der Waals surface area contributed by atoms with Gasteiger partial charge in [-0.1, -0.05) is 20.3 Å². The largest absolute Gasteiger partial charge is 0.310 e. The van der Waals surface area contributed by atoms with E-state index in [4.69, 9.17) is 0 Å². The van der Waals surface area contributed by atoms with Gasteiger partial charge in [0.1, 0.15) is 0 Å². The molecule has 1 atom stereocenters. The van der Waals surface area contributed by atoms with Gasteiger partial charge in [-0.2, -0.15) is 5.10 Å². The van der Waals surface area contributed by atoms with E-state index in [0.29, 0.717) is 11.5 Å². The summed E-state index contributed by atoms with van der Waals surface area (Å²) in [6, 6.07) is 0.684. The smallest absolute Gasteiger partial charge is 0.0534 e. The predicted octanol–water partition coefficient (Wildman–Crippen LogP) is 2.96. The maximum absolute atomic E-state index is 4.30. The first-order valence-electron chi connectivity index (χ1n) is 6.84. The zero-order valence-electron chi connectivity index (χ0n) is 11.4. The van der Waals surface area contributed by atoms with Crippen molar-refractivity contribution in [2.24, 2.45) is 5.41 Å². The Morgan fingerprint density at radius 1 is 1.53 bits per heavy atom. The number of aromatic nitrogens is 2. The Morgan fingerprint density at radius 3 is 3.00 bits per heavy atom. The molecule has 2 rings (SSSR count). The predicted molar refractivity (Wildman–Crippen MR) is 70.8 cm³/mol. The van der Waals surface area contributed by atoms with Crippen molar-refractivity contribution in [1.82, 2.24) is 15.1 Å². The van der Waals surface area contributed by atoms with Crippen LogP contribution in [0.4, 0.5) is 0 Å². The standard InChI is InChI=1S/C14H25N3/c1-4-17-11-12(10-16-17)9-15-13-6-5-7-14(2,3)8-13/h10-11,13,15H,4-9H2,1-3H3. The summed E-state index contributed by atoms with van der Waals surface area (Å²) in [5.41, 5.74) is 1.82. The lowest BCUT2D eigenvalue weighted by Crippen LogP contribution is -2.36. The fourth-order valence-electron chi connectivity index (χ4n) is 2.81. The molecule has 1 aliphatic carbocycles. The monoisotopic (exact) mass is 235 g/mol. The topological polar surface area (TPSA) is 29.9 Å². The van der Waals surface area contributed by atoms with Crippen LogP contribution in [-0.4, -0.2) is 15.8 Å². The molecule has 0 saturated heterocycles. The second-order valence-electron chi connectivity index (χ2n) is 6.04. The first-order valence-corrected chi connectivity index (χ1v) is 6.84. The number of hydrogen-bond acceptors (Lipinski definition) is 2. The van der Waals surface area contributed by atoms with E-state index >= 15 is 0 Å². The SMILES string of the molecule is CCn1cc(CNC2CCCC(C)(C)C2)cn1. The molecule has 96 valence electrons. The van der Waals surface area contributed by atoms with Crippen LogP contribution in [0.3, 0.4) is 0 Å². The first-order chi connectivity index (χ1) is 8.09. The molecule has 1 unspecified atom stereocenters. The molecule has 17 heavy (non-hydrogen) atoms. The van der Waals surface area contributed by atoms with E-state index in [1.807, 2.05) is 10.9 Å². The number of aryl methyl sites for hydroxylation is 1. The van der Waals surface area contributed by atoms with E-state index < -0.39 is 0 Å². The third-order valence-corrected chi connectivity index (χ3v) is 3.81. The third-order valence-electron chi connectivity index (χ3n) is 3.81. The summed E-state index contributed by atoms with van der Waals surface area (Å²) in [5, 5.41) is 7.98. The molecule has 1 heterocycles. The summed E-state index contributed by atoms with van der Waals surface area (Å²) in [4.78, 5) is 0. The van der Waals surface area contributed by atoms with Crippen LogP contribution in [0.5, 0.6) is 0 Å². The second kappa shape index (κ2) is 5.21. The average molecular weight is 235 g/mol. The van der Waals surface area contributed by atoms with Gasteiger partial charge in [-0.05, 0) is 31.6 Å². The summed E-state index contributed by atoms with van der Waals surface area (Å²) in [7, 11) is 0. The molecular formula is C14H25N3. The minimum absolute atomic E-state index is 0.517. The summed E-state index contributed by atoms with van der Waals surface area (Å²) in [5.74, 6) is 0. The van der Waals surface area contributed by atoms with Gasteiger partial charge in [-0.3, -0.25) is 4.68 Å². The van der Waals surface area contributed by atoms with Gasteiger partial charge < -0.3 is 5.32 Å². The van der Waals surface area contributed by atoms with E-state index in [1.54, 1.807) is 0 Å². The van der Waals surface area contributed by atoms with Gasteiger partial charge in [0.05, 0.1) is 6.20 Å². The van der Waals surface area contributed by atoms with Gasteiger partial charge in [-0.15, -0.1) is 0 Å². The molecule has 0 aliphatic heterocycles. The summed E-state index contributed by atoms with van der Waals surface area (Å²) in [6.45, 7) is 8.80. The Bertz CT molecular complexity index is 354. The van der Waals surface area contributed by atoms with E-state index in [2.05, 4.69) is 37.4 Å². The van der Waals surface area contributed by atoms with E-state index in [-0.39, 0.29) is 0 Å². The Morgan fingerprint density at radius 2 is 2.35 bits per heavy atom. The van der Waals surface area contributed by atoms with Crippen LogP contribution in [-0.2, 0) is 13.1 Å². The Labute approximate surface area is 105 Å². The van der Waals surface area contributed by atoms with Crippen molar-refractivity contribution in [3.8, 4) is 0 Å². The Balaban J connectivity index is 1.81. The van der Waals surface area contributed by atoms with Crippen molar-refractivity contribution in [3.05, 3.63) is 18.0 Å². The highest BCUT2D eigenvalue weighted by Crippen LogP contribution is 2.35. The molecule has 1 aromatic heterocycles. The molecule has 1 fully saturated rings. The van der Waals surface area contributed by atoms with Crippen molar-refractivity contribution in [3.63, 3.8) is 0 Å². The summed E-state index contributed by atoms with van der Waals surface area (Å²) < 4.78 is 1.99. The van der Waals surface area contributed by atoms with Crippen molar-refractivity contribution >= 4 is 0 Å². The highest BCUT2D eigenvalue weighted by molar-refractivity contribution is 5.03. The Kier molecular flexibility index (Phi) is 3.87. The highest BCUT2D eigenvalue weighted by atomic mass is 15.3. The molecule has 0 spiro atoms. The fraction of sp³-hybridized carbons (Fsp3) is 0.786. The fourth-order valence-corrected chi connectivity index (χ4v) is 2.81. The van der Waals surface area contributed by atoms with Crippen molar-refractivity contribution < 1.29 is 0 Å². The van der Waals surface area contributed by atoms with E-state index in [0.717, 1.165) is 13.1 Å². The van der Waals surface area contributed by atoms with E-state index in [1.165, 1.54) is 31.2 Å². The van der Waals surface area contributed by atoms with Gasteiger partial charge in [0.25, 0.3) is 0 Å². The average Bonchev–Trinajstić information content (AvgIpc) is 2.73. The lowest BCUT2D eigenvalue weighted by atomic mass is 9.75. The van der Waals surface area contributed by atoms with Crippen LogP contribution < -0.4 is 5.32 Å². The highest BCUT2D eigenvalue weighted by Gasteiger charge is 2.27. The minimum Gasteiger partial charge on any atom is -0.310 e. The number of rotatable bonds is 4. The first kappa shape index (κ1) is 12.6. The quantitative estimate of drug-likeness (QED) is 0.869.